The predicted octanol–water partition coefficient (Wildman–Crippen LogP) is 11.7. The Labute approximate surface area is 392 Å². The fourth-order valence-electron chi connectivity index (χ4n) is 7.18. The molecule has 12 nitrogen and oxygen atoms in total. The molecule has 0 aliphatic carbocycles. The molecule has 3 N–H and O–H groups in total. The van der Waals surface area contributed by atoms with Crippen LogP contribution in [0.2, 0.25) is 0 Å². The number of rotatable bonds is 41. The molecule has 0 radical (unpaired) electrons. The number of aliphatic carboxylic acids is 1. The number of aliphatic hydroxyl groups is 2. The van der Waals surface area contributed by atoms with Crippen LogP contribution in [0.4, 0.5) is 0 Å². The number of esters is 3. The van der Waals surface area contributed by atoms with E-state index >= 15 is 0 Å². The molecule has 6 atom stereocenters. The van der Waals surface area contributed by atoms with Crippen LogP contribution in [0.3, 0.4) is 0 Å². The summed E-state index contributed by atoms with van der Waals surface area (Å²) in [6.07, 6.45) is 36.7. The van der Waals surface area contributed by atoms with Gasteiger partial charge in [-0.1, -0.05) is 178 Å². The van der Waals surface area contributed by atoms with Crippen LogP contribution in [-0.4, -0.2) is 89.2 Å². The van der Waals surface area contributed by atoms with Gasteiger partial charge in [0.15, 0.2) is 24.6 Å². The molecule has 0 spiro atoms. The zero-order chi connectivity index (χ0) is 47.6. The molecule has 65 heavy (non-hydrogen) atoms. The van der Waals surface area contributed by atoms with Crippen molar-refractivity contribution in [2.45, 2.75) is 237 Å². The van der Waals surface area contributed by atoms with Gasteiger partial charge in [0.25, 0.3) is 0 Å². The van der Waals surface area contributed by atoms with Crippen LogP contribution in [0, 0.1) is 0 Å². The van der Waals surface area contributed by atoms with Crippen molar-refractivity contribution in [2.75, 3.05) is 13.2 Å². The molecular formula is C53H88O12. The summed E-state index contributed by atoms with van der Waals surface area (Å²) in [5.74, 6) is -3.24. The molecule has 0 amide bonds. The zero-order valence-corrected chi connectivity index (χ0v) is 40.5. The monoisotopic (exact) mass is 917 g/mol. The molecule has 1 heterocycles. The molecule has 0 saturated carbocycles. The van der Waals surface area contributed by atoms with E-state index < -0.39 is 67.3 Å². The quantitative estimate of drug-likeness (QED) is 0.0229. The summed E-state index contributed by atoms with van der Waals surface area (Å²) in [5, 5.41) is 31.2. The fourth-order valence-corrected chi connectivity index (χ4v) is 7.18. The molecule has 372 valence electrons. The van der Waals surface area contributed by atoms with Crippen LogP contribution in [0.15, 0.2) is 60.8 Å². The lowest BCUT2D eigenvalue weighted by atomic mass is 9.98. The standard InChI is InChI=1S/C53H88O12/c1-4-7-10-13-16-19-22-23-26-27-30-33-36-39-45(54)61-42-44(63-46(55)40-37-34-31-28-24-20-17-14-11-8-5-2)43-62-53-51(49(58)48(57)50(65-53)52(59)60)64-47(56)41-38-35-32-29-25-21-18-15-12-9-6-3/h7,10,15-16,18-19,23,26,30,33,44,48-51,53,57-58H,4-6,8-9,11-14,17,20-22,24-25,27-29,31-32,34-43H2,1-3H3,(H,59,60)/b10-7-,18-15-,19-16-,26-23-,33-30-. The van der Waals surface area contributed by atoms with E-state index in [-0.39, 0.29) is 25.9 Å². The normalized spacial score (nSPS) is 19.6. The van der Waals surface area contributed by atoms with Gasteiger partial charge in [0, 0.05) is 19.3 Å². The van der Waals surface area contributed by atoms with Crippen molar-refractivity contribution in [3.8, 4) is 0 Å². The van der Waals surface area contributed by atoms with Crippen molar-refractivity contribution in [3.63, 3.8) is 0 Å². The summed E-state index contributed by atoms with van der Waals surface area (Å²) in [6.45, 7) is 5.72. The van der Waals surface area contributed by atoms with Gasteiger partial charge in [0.2, 0.25) is 0 Å². The molecule has 1 aliphatic heterocycles. The van der Waals surface area contributed by atoms with Gasteiger partial charge in [-0.3, -0.25) is 14.4 Å². The van der Waals surface area contributed by atoms with Crippen molar-refractivity contribution in [1.29, 1.82) is 0 Å². The Hall–Kier alpha value is -3.58. The first-order chi connectivity index (χ1) is 31.6. The second-order valence-electron chi connectivity index (χ2n) is 17.1. The highest BCUT2D eigenvalue weighted by Crippen LogP contribution is 2.26. The largest absolute Gasteiger partial charge is 0.479 e. The fraction of sp³-hybridized carbons (Fsp3) is 0.736. The Kier molecular flexibility index (Phi) is 38.2. The smallest absolute Gasteiger partial charge is 0.335 e. The number of aliphatic hydroxyl groups excluding tert-OH is 2. The first-order valence-electron chi connectivity index (χ1n) is 25.3. The van der Waals surface area contributed by atoms with Crippen LogP contribution in [-0.2, 0) is 42.9 Å². The predicted molar refractivity (Wildman–Crippen MR) is 257 cm³/mol. The van der Waals surface area contributed by atoms with Crippen molar-refractivity contribution < 1.29 is 58.2 Å². The maximum atomic E-state index is 13.0. The van der Waals surface area contributed by atoms with E-state index in [0.717, 1.165) is 83.5 Å². The Morgan fingerprint density at radius 1 is 0.523 bits per heavy atom. The molecule has 12 heteroatoms. The highest BCUT2D eigenvalue weighted by atomic mass is 16.7. The molecule has 1 rings (SSSR count). The number of allylic oxidation sites excluding steroid dienone is 10. The van der Waals surface area contributed by atoms with E-state index in [4.69, 9.17) is 23.7 Å². The van der Waals surface area contributed by atoms with Gasteiger partial charge >= 0.3 is 23.9 Å². The van der Waals surface area contributed by atoms with Gasteiger partial charge in [-0.2, -0.15) is 0 Å². The molecule has 1 aliphatic rings. The third-order valence-electron chi connectivity index (χ3n) is 11.1. The summed E-state index contributed by atoms with van der Waals surface area (Å²) in [7, 11) is 0. The van der Waals surface area contributed by atoms with E-state index in [2.05, 4.69) is 69.4 Å². The van der Waals surface area contributed by atoms with Crippen molar-refractivity contribution >= 4 is 23.9 Å². The van der Waals surface area contributed by atoms with E-state index in [9.17, 15) is 34.5 Å². The minimum absolute atomic E-state index is 0.0431. The molecule has 6 unspecified atom stereocenters. The van der Waals surface area contributed by atoms with Crippen LogP contribution in [0.1, 0.15) is 201 Å². The minimum atomic E-state index is -1.91. The third-order valence-corrected chi connectivity index (χ3v) is 11.1. The lowest BCUT2D eigenvalue weighted by Crippen LogP contribution is -2.61. The van der Waals surface area contributed by atoms with Gasteiger partial charge in [-0.05, 0) is 64.2 Å². The SMILES string of the molecule is CC/C=C\C/C=C\C/C=C\C/C=C\CCC(=O)OCC(COC1OC(C(=O)O)C(O)C(O)C1OC(=O)CCCCCCC/C=C\CCCC)OC(=O)CCCCCCCCCCCCC. The second kappa shape index (κ2) is 41.8. The van der Waals surface area contributed by atoms with E-state index in [1.165, 1.54) is 57.8 Å². The van der Waals surface area contributed by atoms with E-state index in [0.29, 0.717) is 19.3 Å². The average molecular weight is 917 g/mol. The van der Waals surface area contributed by atoms with Gasteiger partial charge in [0.1, 0.15) is 18.8 Å². The molecule has 0 aromatic rings. The highest BCUT2D eigenvalue weighted by Gasteiger charge is 2.50. The van der Waals surface area contributed by atoms with Crippen LogP contribution >= 0.6 is 0 Å². The topological polar surface area (TPSA) is 175 Å². The van der Waals surface area contributed by atoms with Crippen molar-refractivity contribution in [2.24, 2.45) is 0 Å². The highest BCUT2D eigenvalue weighted by molar-refractivity contribution is 5.74. The number of carboxylic acid groups (broad SMARTS) is 1. The summed E-state index contributed by atoms with van der Waals surface area (Å²) < 4.78 is 28.1. The Balaban J connectivity index is 2.80. The van der Waals surface area contributed by atoms with Gasteiger partial charge in [0.05, 0.1) is 6.61 Å². The Morgan fingerprint density at radius 2 is 1.02 bits per heavy atom. The number of carbonyl (C=O) groups excluding carboxylic acids is 3. The number of carboxylic acids is 1. The van der Waals surface area contributed by atoms with E-state index in [1.807, 2.05) is 12.2 Å². The van der Waals surface area contributed by atoms with Crippen LogP contribution < -0.4 is 0 Å². The number of ether oxygens (including phenoxy) is 5. The Bertz CT molecular complexity index is 1370. The van der Waals surface area contributed by atoms with Gasteiger partial charge in [-0.25, -0.2) is 4.79 Å². The number of hydrogen-bond acceptors (Lipinski definition) is 11. The van der Waals surface area contributed by atoms with E-state index in [1.54, 1.807) is 0 Å². The number of carbonyl (C=O) groups is 4. The van der Waals surface area contributed by atoms with Crippen LogP contribution in [0.5, 0.6) is 0 Å². The number of unbranched alkanes of at least 4 members (excludes halogenated alkanes) is 17. The van der Waals surface area contributed by atoms with Gasteiger partial charge < -0.3 is 39.0 Å². The second-order valence-corrected chi connectivity index (χ2v) is 17.1. The van der Waals surface area contributed by atoms with Crippen molar-refractivity contribution in [1.82, 2.24) is 0 Å². The summed E-state index contributed by atoms with van der Waals surface area (Å²) in [4.78, 5) is 50.6. The minimum Gasteiger partial charge on any atom is -0.479 e. The molecule has 1 fully saturated rings. The number of hydrogen-bond donors (Lipinski definition) is 3. The zero-order valence-electron chi connectivity index (χ0n) is 40.5. The molecule has 1 saturated heterocycles. The van der Waals surface area contributed by atoms with Gasteiger partial charge in [-0.15, -0.1) is 0 Å². The van der Waals surface area contributed by atoms with Crippen LogP contribution in [0.25, 0.3) is 0 Å². The maximum absolute atomic E-state index is 13.0. The third kappa shape index (κ3) is 32.7. The summed E-state index contributed by atoms with van der Waals surface area (Å²) >= 11 is 0. The maximum Gasteiger partial charge on any atom is 0.335 e. The molecule has 0 aromatic carbocycles. The first-order valence-corrected chi connectivity index (χ1v) is 25.3. The molecule has 0 bridgehead atoms. The summed E-state index contributed by atoms with van der Waals surface area (Å²) in [6, 6.07) is 0. The lowest BCUT2D eigenvalue weighted by Gasteiger charge is -2.40. The van der Waals surface area contributed by atoms with Crippen molar-refractivity contribution in [3.05, 3.63) is 60.8 Å². The Morgan fingerprint density at radius 3 is 1.58 bits per heavy atom. The first kappa shape index (κ1) is 59.4. The molecule has 0 aromatic heterocycles. The molecular weight excluding hydrogens is 829 g/mol. The average Bonchev–Trinajstić information content (AvgIpc) is 3.29. The summed E-state index contributed by atoms with van der Waals surface area (Å²) in [5.41, 5.74) is 0. The lowest BCUT2D eigenvalue weighted by molar-refractivity contribution is -0.301.